The van der Waals surface area contributed by atoms with Gasteiger partial charge >= 0.3 is 0 Å². The highest BCUT2D eigenvalue weighted by Gasteiger charge is 2.23. The summed E-state index contributed by atoms with van der Waals surface area (Å²) in [6.07, 6.45) is 0.677. The molecule has 0 N–H and O–H groups in total. The number of aryl methyl sites for hydroxylation is 2. The molecule has 2 amide bonds. The first-order valence-corrected chi connectivity index (χ1v) is 9.47. The van der Waals surface area contributed by atoms with Crippen molar-refractivity contribution in [1.82, 2.24) is 9.80 Å². The molecule has 0 saturated carbocycles. The highest BCUT2D eigenvalue weighted by atomic mass is 19.1. The highest BCUT2D eigenvalue weighted by Crippen LogP contribution is 2.19. The second-order valence-corrected chi connectivity index (χ2v) is 7.09. The van der Waals surface area contributed by atoms with Crippen LogP contribution >= 0.6 is 0 Å². The first kappa shape index (κ1) is 19.9. The third kappa shape index (κ3) is 4.88. The van der Waals surface area contributed by atoms with Gasteiger partial charge in [0.25, 0.3) is 11.8 Å². The van der Waals surface area contributed by atoms with Gasteiger partial charge in [-0.1, -0.05) is 23.8 Å². The molecule has 1 fully saturated rings. The van der Waals surface area contributed by atoms with Crippen molar-refractivity contribution in [3.63, 3.8) is 0 Å². The first-order valence-electron chi connectivity index (χ1n) is 9.47. The molecule has 5 nitrogen and oxygen atoms in total. The van der Waals surface area contributed by atoms with Crippen LogP contribution in [-0.2, 0) is 4.79 Å². The van der Waals surface area contributed by atoms with Crippen molar-refractivity contribution in [2.75, 3.05) is 32.8 Å². The average molecular weight is 384 g/mol. The predicted molar refractivity (Wildman–Crippen MR) is 105 cm³/mol. The zero-order chi connectivity index (χ0) is 20.1. The van der Waals surface area contributed by atoms with Crippen molar-refractivity contribution in [3.05, 3.63) is 65.0 Å². The smallest absolute Gasteiger partial charge is 0.260 e. The third-order valence-corrected chi connectivity index (χ3v) is 4.89. The molecule has 1 aliphatic rings. The van der Waals surface area contributed by atoms with Crippen molar-refractivity contribution >= 4 is 11.8 Å². The van der Waals surface area contributed by atoms with E-state index in [4.69, 9.17) is 4.74 Å². The Labute approximate surface area is 164 Å². The molecule has 0 bridgehead atoms. The summed E-state index contributed by atoms with van der Waals surface area (Å²) in [6.45, 7) is 5.91. The van der Waals surface area contributed by atoms with Crippen molar-refractivity contribution < 1.29 is 18.7 Å². The van der Waals surface area contributed by atoms with Crippen LogP contribution in [0.15, 0.2) is 42.5 Å². The van der Waals surface area contributed by atoms with E-state index in [0.717, 1.165) is 11.1 Å². The lowest BCUT2D eigenvalue weighted by atomic mass is 10.1. The van der Waals surface area contributed by atoms with Crippen molar-refractivity contribution in [3.8, 4) is 5.75 Å². The molecule has 28 heavy (non-hydrogen) atoms. The Morgan fingerprint density at radius 2 is 1.75 bits per heavy atom. The van der Waals surface area contributed by atoms with E-state index in [0.29, 0.717) is 43.9 Å². The number of halogens is 1. The monoisotopic (exact) mass is 384 g/mol. The Kier molecular flexibility index (Phi) is 6.29. The molecule has 1 aliphatic heterocycles. The van der Waals surface area contributed by atoms with Crippen LogP contribution in [0.25, 0.3) is 0 Å². The number of rotatable bonds is 4. The molecule has 0 aliphatic carbocycles. The minimum atomic E-state index is -0.430. The van der Waals surface area contributed by atoms with Crippen molar-refractivity contribution in [2.24, 2.45) is 0 Å². The van der Waals surface area contributed by atoms with Gasteiger partial charge in [0.15, 0.2) is 6.61 Å². The molecule has 2 aromatic carbocycles. The fourth-order valence-corrected chi connectivity index (χ4v) is 3.37. The molecule has 148 valence electrons. The number of carbonyl (C=O) groups is 2. The van der Waals surface area contributed by atoms with E-state index in [-0.39, 0.29) is 18.4 Å². The number of carbonyl (C=O) groups excluding carboxylic acids is 2. The lowest BCUT2D eigenvalue weighted by molar-refractivity contribution is -0.133. The zero-order valence-corrected chi connectivity index (χ0v) is 16.3. The summed E-state index contributed by atoms with van der Waals surface area (Å²) in [7, 11) is 0. The number of benzene rings is 2. The Hall–Kier alpha value is -2.89. The van der Waals surface area contributed by atoms with Crippen LogP contribution in [0.4, 0.5) is 4.39 Å². The number of amides is 2. The van der Waals surface area contributed by atoms with E-state index < -0.39 is 5.82 Å². The van der Waals surface area contributed by atoms with E-state index in [1.165, 1.54) is 18.2 Å². The molecule has 0 unspecified atom stereocenters. The van der Waals surface area contributed by atoms with Gasteiger partial charge in [-0.3, -0.25) is 9.59 Å². The molecule has 0 radical (unpaired) electrons. The number of hydrogen-bond donors (Lipinski definition) is 0. The SMILES string of the molecule is Cc1ccc(OCC(=O)N2CCCN(C(=O)c3cccc(F)c3)CC2)c(C)c1. The minimum Gasteiger partial charge on any atom is -0.484 e. The second-order valence-electron chi connectivity index (χ2n) is 7.09. The Morgan fingerprint density at radius 3 is 2.50 bits per heavy atom. The molecule has 3 rings (SSSR count). The largest absolute Gasteiger partial charge is 0.484 e. The normalized spacial score (nSPS) is 14.5. The van der Waals surface area contributed by atoms with E-state index >= 15 is 0 Å². The molecular formula is C22H25FN2O3. The number of nitrogens with zero attached hydrogens (tertiary/aromatic N) is 2. The zero-order valence-electron chi connectivity index (χ0n) is 16.3. The molecule has 0 atom stereocenters. The van der Waals surface area contributed by atoms with Gasteiger partial charge in [0, 0.05) is 31.7 Å². The predicted octanol–water partition coefficient (Wildman–Crippen LogP) is 3.20. The molecule has 0 spiro atoms. The Morgan fingerprint density at radius 1 is 1.00 bits per heavy atom. The maximum atomic E-state index is 13.4. The summed E-state index contributed by atoms with van der Waals surface area (Å²) in [5, 5.41) is 0. The summed E-state index contributed by atoms with van der Waals surface area (Å²) in [5.41, 5.74) is 2.47. The van der Waals surface area contributed by atoms with E-state index in [1.54, 1.807) is 15.9 Å². The van der Waals surface area contributed by atoms with Crippen LogP contribution < -0.4 is 4.74 Å². The molecule has 2 aromatic rings. The summed E-state index contributed by atoms with van der Waals surface area (Å²) < 4.78 is 19.1. The second kappa shape index (κ2) is 8.87. The molecule has 6 heteroatoms. The van der Waals surface area contributed by atoms with Crippen LogP contribution in [0.2, 0.25) is 0 Å². The molecular weight excluding hydrogens is 359 g/mol. The van der Waals surface area contributed by atoms with E-state index in [1.807, 2.05) is 32.0 Å². The van der Waals surface area contributed by atoms with Gasteiger partial charge in [-0.15, -0.1) is 0 Å². The summed E-state index contributed by atoms with van der Waals surface area (Å²) in [6, 6.07) is 11.5. The minimum absolute atomic E-state index is 0.0260. The topological polar surface area (TPSA) is 49.9 Å². The van der Waals surface area contributed by atoms with Gasteiger partial charge in [-0.25, -0.2) is 4.39 Å². The lowest BCUT2D eigenvalue weighted by Gasteiger charge is -2.22. The van der Waals surface area contributed by atoms with Gasteiger partial charge < -0.3 is 14.5 Å². The third-order valence-electron chi connectivity index (χ3n) is 4.89. The van der Waals surface area contributed by atoms with Gasteiger partial charge in [0.05, 0.1) is 0 Å². The quantitative estimate of drug-likeness (QED) is 0.813. The summed E-state index contributed by atoms with van der Waals surface area (Å²) in [5.74, 6) is -0.0296. The molecule has 1 saturated heterocycles. The van der Waals surface area contributed by atoms with Crippen LogP contribution in [-0.4, -0.2) is 54.4 Å². The van der Waals surface area contributed by atoms with Crippen LogP contribution in [0.1, 0.15) is 27.9 Å². The molecule has 0 aromatic heterocycles. The van der Waals surface area contributed by atoms with Gasteiger partial charge in [-0.05, 0) is 50.1 Å². The first-order chi connectivity index (χ1) is 13.4. The van der Waals surface area contributed by atoms with Crippen molar-refractivity contribution in [2.45, 2.75) is 20.3 Å². The van der Waals surface area contributed by atoms with Crippen LogP contribution in [0.3, 0.4) is 0 Å². The average Bonchev–Trinajstić information content (AvgIpc) is 2.93. The van der Waals surface area contributed by atoms with Crippen LogP contribution in [0, 0.1) is 19.7 Å². The maximum Gasteiger partial charge on any atom is 0.260 e. The number of ether oxygens (including phenoxy) is 1. The Balaban J connectivity index is 1.55. The highest BCUT2D eigenvalue weighted by molar-refractivity contribution is 5.94. The van der Waals surface area contributed by atoms with Crippen molar-refractivity contribution in [1.29, 1.82) is 0 Å². The Bertz CT molecular complexity index is 869. The summed E-state index contributed by atoms with van der Waals surface area (Å²) >= 11 is 0. The van der Waals surface area contributed by atoms with Gasteiger partial charge in [0.1, 0.15) is 11.6 Å². The number of hydrogen-bond acceptors (Lipinski definition) is 3. The lowest BCUT2D eigenvalue weighted by Crippen LogP contribution is -2.39. The van der Waals surface area contributed by atoms with E-state index in [9.17, 15) is 14.0 Å². The standard InChI is InChI=1S/C22H25FN2O3/c1-16-7-8-20(17(2)13-16)28-15-21(26)24-9-4-10-25(12-11-24)22(27)18-5-3-6-19(23)14-18/h3,5-8,13-14H,4,9-12,15H2,1-2H3. The summed E-state index contributed by atoms with van der Waals surface area (Å²) in [4.78, 5) is 28.5. The van der Waals surface area contributed by atoms with Gasteiger partial charge in [0.2, 0.25) is 0 Å². The fraction of sp³-hybridized carbons (Fsp3) is 0.364. The maximum absolute atomic E-state index is 13.4. The van der Waals surface area contributed by atoms with Crippen LogP contribution in [0.5, 0.6) is 5.75 Å². The fourth-order valence-electron chi connectivity index (χ4n) is 3.37. The molecule has 1 heterocycles. The van der Waals surface area contributed by atoms with E-state index in [2.05, 4.69) is 0 Å². The van der Waals surface area contributed by atoms with Gasteiger partial charge in [-0.2, -0.15) is 0 Å².